The van der Waals surface area contributed by atoms with Crippen molar-refractivity contribution in [3.63, 3.8) is 0 Å². The molecule has 0 saturated carbocycles. The second kappa shape index (κ2) is 7.25. The van der Waals surface area contributed by atoms with Gasteiger partial charge in [-0.2, -0.15) is 14.3 Å². The van der Waals surface area contributed by atoms with Gasteiger partial charge in [-0.3, -0.25) is 4.79 Å². The number of terminal acetylenes is 1. The van der Waals surface area contributed by atoms with E-state index in [2.05, 4.69) is 26.5 Å². The minimum Gasteiger partial charge on any atom is -0.481 e. The largest absolute Gasteiger partial charge is 0.481 e. The number of aryl methyl sites for hydroxylation is 2. The van der Waals surface area contributed by atoms with Crippen LogP contribution in [0.1, 0.15) is 35.0 Å². The molecule has 5 rings (SSSR count). The van der Waals surface area contributed by atoms with Gasteiger partial charge in [0.25, 0.3) is 0 Å². The van der Waals surface area contributed by atoms with Crippen molar-refractivity contribution in [3.05, 3.63) is 59.0 Å². The highest BCUT2D eigenvalue weighted by Crippen LogP contribution is 2.40. The van der Waals surface area contributed by atoms with Crippen LogP contribution in [0.15, 0.2) is 36.4 Å². The number of aromatic nitrogens is 6. The molecule has 9 heteroatoms. The highest BCUT2D eigenvalue weighted by Gasteiger charge is 2.33. The van der Waals surface area contributed by atoms with E-state index in [0.717, 1.165) is 16.8 Å². The first-order valence-corrected chi connectivity index (χ1v) is 9.80. The monoisotopic (exact) mass is 413 g/mol. The molecule has 1 amide bonds. The number of anilines is 1. The lowest BCUT2D eigenvalue weighted by atomic mass is 9.86. The fraction of sp³-hybridized carbons (Fsp3) is 0.227. The lowest BCUT2D eigenvalue weighted by molar-refractivity contribution is -0.116. The van der Waals surface area contributed by atoms with Gasteiger partial charge in [-0.1, -0.05) is 18.1 Å². The smallest absolute Gasteiger partial charge is 0.226 e. The van der Waals surface area contributed by atoms with Crippen LogP contribution >= 0.6 is 0 Å². The van der Waals surface area contributed by atoms with Gasteiger partial charge in [0.1, 0.15) is 18.2 Å². The van der Waals surface area contributed by atoms with Crippen molar-refractivity contribution < 1.29 is 9.53 Å². The summed E-state index contributed by atoms with van der Waals surface area (Å²) in [5.41, 5.74) is 3.38. The number of ether oxygens (including phenoxy) is 1. The van der Waals surface area contributed by atoms with Gasteiger partial charge in [-0.05, 0) is 43.7 Å². The quantitative estimate of drug-likeness (QED) is 0.516. The van der Waals surface area contributed by atoms with E-state index in [-0.39, 0.29) is 18.4 Å². The van der Waals surface area contributed by atoms with Gasteiger partial charge in [0, 0.05) is 17.9 Å². The topological polar surface area (TPSA) is 99.2 Å². The van der Waals surface area contributed by atoms with E-state index in [1.165, 1.54) is 0 Å². The highest BCUT2D eigenvalue weighted by molar-refractivity contribution is 5.95. The molecule has 4 heterocycles. The number of nitrogens with zero attached hydrogens (tertiary/aromatic N) is 6. The summed E-state index contributed by atoms with van der Waals surface area (Å²) in [6.07, 6.45) is 5.61. The lowest BCUT2D eigenvalue weighted by Crippen LogP contribution is -2.25. The molecule has 1 aliphatic rings. The Morgan fingerprint density at radius 1 is 1.23 bits per heavy atom. The molecule has 1 atom stereocenters. The molecule has 0 spiro atoms. The van der Waals surface area contributed by atoms with Gasteiger partial charge in [0.15, 0.2) is 17.3 Å². The summed E-state index contributed by atoms with van der Waals surface area (Å²) in [5, 5.41) is 20.4. The molecular weight excluding hydrogens is 394 g/mol. The molecule has 0 unspecified atom stereocenters. The zero-order valence-electron chi connectivity index (χ0n) is 17.0. The van der Waals surface area contributed by atoms with Crippen LogP contribution in [0.4, 0.5) is 5.82 Å². The fourth-order valence-corrected chi connectivity index (χ4v) is 3.94. The average molecular weight is 413 g/mol. The third kappa shape index (κ3) is 3.18. The molecule has 0 bridgehead atoms. The van der Waals surface area contributed by atoms with Crippen molar-refractivity contribution in [1.29, 1.82) is 0 Å². The number of hydrogen-bond acceptors (Lipinski definition) is 6. The number of benzene rings is 1. The predicted molar refractivity (Wildman–Crippen MR) is 113 cm³/mol. The molecule has 0 radical (unpaired) electrons. The van der Waals surface area contributed by atoms with E-state index in [1.54, 1.807) is 15.3 Å². The van der Waals surface area contributed by atoms with Crippen LogP contribution in [-0.2, 0) is 4.79 Å². The number of hydrogen-bond donors (Lipinski definition) is 1. The predicted octanol–water partition coefficient (Wildman–Crippen LogP) is 2.41. The number of amides is 1. The number of carbonyl (C=O) groups is 1. The van der Waals surface area contributed by atoms with Crippen molar-refractivity contribution in [3.8, 4) is 23.9 Å². The van der Waals surface area contributed by atoms with Crippen LogP contribution in [0.25, 0.3) is 11.5 Å². The van der Waals surface area contributed by atoms with Crippen LogP contribution in [-0.4, -0.2) is 42.1 Å². The van der Waals surface area contributed by atoms with Gasteiger partial charge >= 0.3 is 0 Å². The standard InChI is InChI=1S/C22H19N7O2/c1-4-10-31-16-7-5-6-15(11-16)17-12-20(30)23-22-21(17)13(2)26-29(22)19-9-8-18-25-24-14(3)28(18)27-19/h1,5-9,11,17H,10,12H2,2-3H3,(H,23,30)/t17-/m0/s1. The average Bonchev–Trinajstić information content (AvgIpc) is 3.31. The van der Waals surface area contributed by atoms with Crippen molar-refractivity contribution in [1.82, 2.24) is 29.6 Å². The first kappa shape index (κ1) is 18.8. The maximum atomic E-state index is 12.6. The summed E-state index contributed by atoms with van der Waals surface area (Å²) in [5.74, 6) is 4.73. The maximum absolute atomic E-state index is 12.6. The first-order valence-electron chi connectivity index (χ1n) is 9.80. The number of rotatable bonds is 4. The van der Waals surface area contributed by atoms with E-state index >= 15 is 0 Å². The Kier molecular flexibility index (Phi) is 4.40. The van der Waals surface area contributed by atoms with Crippen LogP contribution in [0.3, 0.4) is 0 Å². The van der Waals surface area contributed by atoms with Gasteiger partial charge in [0.2, 0.25) is 5.91 Å². The third-order valence-electron chi connectivity index (χ3n) is 5.31. The van der Waals surface area contributed by atoms with E-state index in [0.29, 0.717) is 35.3 Å². The van der Waals surface area contributed by atoms with Crippen molar-refractivity contribution >= 4 is 17.4 Å². The summed E-state index contributed by atoms with van der Waals surface area (Å²) < 4.78 is 8.87. The molecule has 1 N–H and O–H groups in total. The van der Waals surface area contributed by atoms with E-state index < -0.39 is 0 Å². The second-order valence-corrected chi connectivity index (χ2v) is 7.34. The molecule has 1 aromatic carbocycles. The van der Waals surface area contributed by atoms with Gasteiger partial charge in [-0.25, -0.2) is 0 Å². The SMILES string of the molecule is C#CCOc1cccc([C@@H]2CC(=O)Nc3c2c(C)nn3-c2ccc3nnc(C)n3n2)c1. The number of fused-ring (bicyclic) bond motifs is 2. The highest BCUT2D eigenvalue weighted by atomic mass is 16.5. The van der Waals surface area contributed by atoms with E-state index in [1.807, 2.05) is 44.2 Å². The van der Waals surface area contributed by atoms with Crippen LogP contribution in [0.5, 0.6) is 5.75 Å². The Labute approximate surface area is 178 Å². The summed E-state index contributed by atoms with van der Waals surface area (Å²) in [4.78, 5) is 12.6. The number of carbonyl (C=O) groups excluding carboxylic acids is 1. The van der Waals surface area contributed by atoms with Crippen LogP contribution in [0.2, 0.25) is 0 Å². The summed E-state index contributed by atoms with van der Waals surface area (Å²) >= 11 is 0. The molecule has 9 nitrogen and oxygen atoms in total. The van der Waals surface area contributed by atoms with Gasteiger partial charge in [0.05, 0.1) is 5.69 Å². The Bertz CT molecular complexity index is 1360. The Morgan fingerprint density at radius 2 is 2.10 bits per heavy atom. The van der Waals surface area contributed by atoms with Crippen molar-refractivity contribution in [2.45, 2.75) is 26.2 Å². The lowest BCUT2D eigenvalue weighted by Gasteiger charge is -2.24. The Balaban J connectivity index is 1.61. The normalized spacial score (nSPS) is 15.4. The van der Waals surface area contributed by atoms with Crippen molar-refractivity contribution in [2.24, 2.45) is 0 Å². The first-order chi connectivity index (χ1) is 15.0. The molecule has 0 aliphatic carbocycles. The number of nitrogens with one attached hydrogen (secondary N) is 1. The summed E-state index contributed by atoms with van der Waals surface area (Å²) in [6.45, 7) is 3.95. The molecular formula is C22H19N7O2. The van der Waals surface area contributed by atoms with Crippen molar-refractivity contribution in [2.75, 3.05) is 11.9 Å². The molecule has 1 aliphatic heterocycles. The molecule has 0 fully saturated rings. The zero-order valence-corrected chi connectivity index (χ0v) is 17.0. The van der Waals surface area contributed by atoms with E-state index in [9.17, 15) is 4.79 Å². The zero-order chi connectivity index (χ0) is 21.5. The fourth-order valence-electron chi connectivity index (χ4n) is 3.94. The Hall–Kier alpha value is -4.19. The van der Waals surface area contributed by atoms with Crippen LogP contribution in [0, 0.1) is 26.2 Å². The summed E-state index contributed by atoms with van der Waals surface area (Å²) in [6, 6.07) is 11.3. The molecule has 4 aromatic rings. The molecule has 0 saturated heterocycles. The molecule has 154 valence electrons. The Morgan fingerprint density at radius 3 is 2.94 bits per heavy atom. The maximum Gasteiger partial charge on any atom is 0.226 e. The van der Waals surface area contributed by atoms with Gasteiger partial charge < -0.3 is 10.1 Å². The molecule has 31 heavy (non-hydrogen) atoms. The molecule has 3 aromatic heterocycles. The minimum absolute atomic E-state index is 0.0878. The van der Waals surface area contributed by atoms with E-state index in [4.69, 9.17) is 16.3 Å². The van der Waals surface area contributed by atoms with Crippen LogP contribution < -0.4 is 10.1 Å². The third-order valence-corrected chi connectivity index (χ3v) is 5.31. The second-order valence-electron chi connectivity index (χ2n) is 7.34. The van der Waals surface area contributed by atoms with Gasteiger partial charge in [-0.15, -0.1) is 21.7 Å². The summed E-state index contributed by atoms with van der Waals surface area (Å²) in [7, 11) is 0. The minimum atomic E-state index is -0.160.